The highest BCUT2D eigenvalue weighted by Crippen LogP contribution is 2.16. The van der Waals surface area contributed by atoms with Gasteiger partial charge in [0.15, 0.2) is 0 Å². The van der Waals surface area contributed by atoms with Crippen molar-refractivity contribution in [1.82, 2.24) is 0 Å². The highest BCUT2D eigenvalue weighted by Gasteiger charge is 1.99. The molecule has 0 saturated carbocycles. The molecule has 0 aliphatic carbocycles. The second-order valence-corrected chi connectivity index (χ2v) is 2.45. The highest BCUT2D eigenvalue weighted by molar-refractivity contribution is 6.24. The van der Waals surface area contributed by atoms with Crippen LogP contribution < -0.4 is 4.84 Å². The molecule has 0 atom stereocenters. The van der Waals surface area contributed by atoms with E-state index in [4.69, 9.17) is 11.8 Å². The second kappa shape index (κ2) is 3.58. The third-order valence-corrected chi connectivity index (χ3v) is 1.74. The molecule has 0 spiro atoms. The molecule has 0 bridgehead atoms. The fourth-order valence-corrected chi connectivity index (χ4v) is 1.01. The smallest absolute Gasteiger partial charge is 0.147 e. The molecule has 0 aliphatic rings. The van der Waals surface area contributed by atoms with Crippen molar-refractivity contribution in [3.8, 4) is 0 Å². The van der Waals surface area contributed by atoms with Crippen LogP contribution in [0.1, 0.15) is 12.5 Å². The van der Waals surface area contributed by atoms with E-state index < -0.39 is 0 Å². The Bertz CT molecular complexity index is 250. The monoisotopic (exact) mass is 173 g/mol. The van der Waals surface area contributed by atoms with E-state index in [0.717, 1.165) is 12.0 Å². The van der Waals surface area contributed by atoms with E-state index in [1.165, 1.54) is 6.07 Å². The molecule has 11 heavy (non-hydrogen) atoms. The standard InChI is InChI=1S/C8H9ClFN/c1-2-6-3-4-7(10)8(5-6)11-9/h3-5,11H,2H2,1H3. The molecular formula is C8H9ClFN. The largest absolute Gasteiger partial charge is 0.296 e. The zero-order valence-corrected chi connectivity index (χ0v) is 6.95. The first kappa shape index (κ1) is 8.34. The van der Waals surface area contributed by atoms with Crippen LogP contribution in [0.15, 0.2) is 18.2 Å². The molecular weight excluding hydrogens is 165 g/mol. The lowest BCUT2D eigenvalue weighted by atomic mass is 10.1. The van der Waals surface area contributed by atoms with Gasteiger partial charge < -0.3 is 0 Å². The van der Waals surface area contributed by atoms with E-state index >= 15 is 0 Å². The van der Waals surface area contributed by atoms with Crippen molar-refractivity contribution in [3.63, 3.8) is 0 Å². The summed E-state index contributed by atoms with van der Waals surface area (Å²) >= 11 is 5.27. The zero-order valence-electron chi connectivity index (χ0n) is 6.20. The summed E-state index contributed by atoms with van der Waals surface area (Å²) in [4.78, 5) is 2.27. The number of halogens is 2. The average Bonchev–Trinajstić information content (AvgIpc) is 2.05. The van der Waals surface area contributed by atoms with Crippen LogP contribution >= 0.6 is 11.8 Å². The van der Waals surface area contributed by atoms with Crippen LogP contribution in [0.4, 0.5) is 10.1 Å². The van der Waals surface area contributed by atoms with E-state index in [2.05, 4.69) is 4.84 Å². The van der Waals surface area contributed by atoms with Gasteiger partial charge in [0.05, 0.1) is 5.69 Å². The van der Waals surface area contributed by atoms with E-state index in [-0.39, 0.29) is 5.82 Å². The van der Waals surface area contributed by atoms with Crippen LogP contribution in [0.3, 0.4) is 0 Å². The minimum Gasteiger partial charge on any atom is -0.296 e. The Morgan fingerprint density at radius 3 is 2.82 bits per heavy atom. The van der Waals surface area contributed by atoms with Gasteiger partial charge in [-0.25, -0.2) is 4.39 Å². The quantitative estimate of drug-likeness (QED) is 0.679. The molecule has 1 rings (SSSR count). The van der Waals surface area contributed by atoms with Crippen molar-refractivity contribution in [2.24, 2.45) is 0 Å². The normalized spacial score (nSPS) is 9.73. The zero-order chi connectivity index (χ0) is 8.27. The van der Waals surface area contributed by atoms with E-state index in [9.17, 15) is 4.39 Å². The summed E-state index contributed by atoms with van der Waals surface area (Å²) in [6.45, 7) is 2.01. The Hall–Kier alpha value is -0.760. The number of hydrogen-bond acceptors (Lipinski definition) is 1. The van der Waals surface area contributed by atoms with Crippen LogP contribution in [0.25, 0.3) is 0 Å². The van der Waals surface area contributed by atoms with Crippen LogP contribution in [0.5, 0.6) is 0 Å². The fourth-order valence-electron chi connectivity index (χ4n) is 0.865. The summed E-state index contributed by atoms with van der Waals surface area (Å²) in [5.41, 5.74) is 1.40. The molecule has 0 unspecified atom stereocenters. The Morgan fingerprint density at radius 2 is 2.27 bits per heavy atom. The maximum absolute atomic E-state index is 12.8. The lowest BCUT2D eigenvalue weighted by Crippen LogP contribution is -1.88. The third kappa shape index (κ3) is 1.84. The summed E-state index contributed by atoms with van der Waals surface area (Å²) in [6, 6.07) is 4.85. The van der Waals surface area contributed by atoms with Gasteiger partial charge in [-0.2, -0.15) is 0 Å². The van der Waals surface area contributed by atoms with Crippen molar-refractivity contribution in [2.75, 3.05) is 4.84 Å². The highest BCUT2D eigenvalue weighted by atomic mass is 35.5. The predicted octanol–water partition coefficient (Wildman–Crippen LogP) is 2.95. The Morgan fingerprint density at radius 1 is 1.55 bits per heavy atom. The molecule has 60 valence electrons. The summed E-state index contributed by atoms with van der Waals surface area (Å²) < 4.78 is 12.8. The number of anilines is 1. The van der Waals surface area contributed by atoms with Gasteiger partial charge in [0, 0.05) is 11.8 Å². The predicted molar refractivity (Wildman–Crippen MR) is 45.3 cm³/mol. The van der Waals surface area contributed by atoms with E-state index in [1.54, 1.807) is 12.1 Å². The van der Waals surface area contributed by atoms with Gasteiger partial charge in [-0.15, -0.1) is 0 Å². The molecule has 1 aromatic rings. The first-order valence-electron chi connectivity index (χ1n) is 3.43. The molecule has 0 fully saturated rings. The molecule has 1 N–H and O–H groups in total. The van der Waals surface area contributed by atoms with Crippen LogP contribution in [0, 0.1) is 5.82 Å². The molecule has 0 amide bonds. The lowest BCUT2D eigenvalue weighted by molar-refractivity contribution is 0.632. The number of hydrogen-bond donors (Lipinski definition) is 1. The number of rotatable bonds is 2. The minimum absolute atomic E-state index is 0.322. The summed E-state index contributed by atoms with van der Waals surface area (Å²) in [5.74, 6) is -0.322. The van der Waals surface area contributed by atoms with Crippen molar-refractivity contribution >= 4 is 17.5 Å². The maximum Gasteiger partial charge on any atom is 0.147 e. The van der Waals surface area contributed by atoms with Gasteiger partial charge in [0.1, 0.15) is 5.82 Å². The van der Waals surface area contributed by atoms with Crippen molar-refractivity contribution in [2.45, 2.75) is 13.3 Å². The molecule has 0 heterocycles. The lowest BCUT2D eigenvalue weighted by Gasteiger charge is -2.01. The molecule has 0 saturated heterocycles. The Labute approximate surface area is 70.3 Å². The van der Waals surface area contributed by atoms with Gasteiger partial charge in [-0.05, 0) is 24.1 Å². The Kier molecular flexibility index (Phi) is 2.71. The molecule has 0 radical (unpaired) electrons. The number of aryl methyl sites for hydroxylation is 1. The SMILES string of the molecule is CCc1ccc(F)c(NCl)c1. The minimum atomic E-state index is -0.322. The maximum atomic E-state index is 12.8. The van der Waals surface area contributed by atoms with E-state index in [0.29, 0.717) is 5.69 Å². The van der Waals surface area contributed by atoms with Gasteiger partial charge in [-0.1, -0.05) is 13.0 Å². The van der Waals surface area contributed by atoms with Crippen molar-refractivity contribution < 1.29 is 4.39 Å². The second-order valence-electron chi connectivity index (χ2n) is 2.26. The van der Waals surface area contributed by atoms with Gasteiger partial charge in [-0.3, -0.25) is 4.84 Å². The van der Waals surface area contributed by atoms with Crippen LogP contribution in [0.2, 0.25) is 0 Å². The molecule has 1 aromatic carbocycles. The van der Waals surface area contributed by atoms with Gasteiger partial charge in [0.25, 0.3) is 0 Å². The van der Waals surface area contributed by atoms with Crippen molar-refractivity contribution in [3.05, 3.63) is 29.6 Å². The average molecular weight is 174 g/mol. The molecule has 3 heteroatoms. The summed E-state index contributed by atoms with van der Waals surface area (Å²) in [5, 5.41) is 0. The molecule has 1 nitrogen and oxygen atoms in total. The Balaban J connectivity index is 3.02. The molecule has 0 aliphatic heterocycles. The first-order chi connectivity index (χ1) is 5.27. The summed E-state index contributed by atoms with van der Waals surface area (Å²) in [7, 11) is 0. The van der Waals surface area contributed by atoms with Crippen molar-refractivity contribution in [1.29, 1.82) is 0 Å². The van der Waals surface area contributed by atoms with Crippen LogP contribution in [-0.4, -0.2) is 0 Å². The third-order valence-electron chi connectivity index (χ3n) is 1.54. The van der Waals surface area contributed by atoms with Gasteiger partial charge >= 0.3 is 0 Å². The molecule has 0 aromatic heterocycles. The summed E-state index contributed by atoms with van der Waals surface area (Å²) in [6.07, 6.45) is 0.881. The van der Waals surface area contributed by atoms with E-state index in [1.807, 2.05) is 6.92 Å². The fraction of sp³-hybridized carbons (Fsp3) is 0.250. The first-order valence-corrected chi connectivity index (χ1v) is 3.80. The van der Waals surface area contributed by atoms with Crippen LogP contribution in [-0.2, 0) is 6.42 Å². The number of benzene rings is 1. The van der Waals surface area contributed by atoms with Gasteiger partial charge in [0.2, 0.25) is 0 Å². The topological polar surface area (TPSA) is 12.0 Å². The number of nitrogens with one attached hydrogen (secondary N) is 1.